The predicted octanol–water partition coefficient (Wildman–Crippen LogP) is 6.55. The molecule has 4 rings (SSSR count). The Balaban J connectivity index is 1.92. The van der Waals surface area contributed by atoms with Crippen molar-refractivity contribution in [1.82, 2.24) is 4.90 Å². The van der Waals surface area contributed by atoms with E-state index in [-0.39, 0.29) is 12.1 Å². The summed E-state index contributed by atoms with van der Waals surface area (Å²) in [4.78, 5) is 27.9. The predicted molar refractivity (Wildman–Crippen MR) is 139 cm³/mol. The zero-order valence-corrected chi connectivity index (χ0v) is 21.8. The Hall–Kier alpha value is -2.86. The van der Waals surface area contributed by atoms with E-state index in [1.807, 2.05) is 70.7 Å². The quantitative estimate of drug-likeness (QED) is 0.511. The second-order valence-corrected chi connectivity index (χ2v) is 11.0. The smallest absolute Gasteiger partial charge is 0.337 e. The average molecular weight is 479 g/mol. The fraction of sp³-hybridized carbons (Fsp3) is 0.517. The van der Waals surface area contributed by atoms with Gasteiger partial charge in [-0.1, -0.05) is 42.7 Å². The van der Waals surface area contributed by atoms with Crippen molar-refractivity contribution in [2.75, 3.05) is 11.9 Å². The molecule has 2 aromatic carbocycles. The van der Waals surface area contributed by atoms with Gasteiger partial charge in [0.25, 0.3) is 0 Å². The number of hydrogen-bond acceptors (Lipinski definition) is 3. The van der Waals surface area contributed by atoms with Gasteiger partial charge in [0.05, 0.1) is 5.60 Å². The highest BCUT2D eigenvalue weighted by molar-refractivity contribution is 5.95. The van der Waals surface area contributed by atoms with Gasteiger partial charge in [-0.2, -0.15) is 0 Å². The maximum Gasteiger partial charge on any atom is 0.337 e. The van der Waals surface area contributed by atoms with Crippen LogP contribution in [0.15, 0.2) is 24.3 Å². The van der Waals surface area contributed by atoms with Crippen molar-refractivity contribution in [3.05, 3.63) is 52.1 Å². The summed E-state index contributed by atoms with van der Waals surface area (Å²) in [6.07, 6.45) is 3.97. The van der Waals surface area contributed by atoms with E-state index in [2.05, 4.69) is 5.32 Å². The lowest BCUT2D eigenvalue weighted by molar-refractivity contribution is -0.160. The van der Waals surface area contributed by atoms with Gasteiger partial charge < -0.3 is 20.1 Å². The molecule has 0 saturated heterocycles. The highest BCUT2D eigenvalue weighted by atomic mass is 16.5. The minimum absolute atomic E-state index is 0.0872. The number of carbonyl (C=O) groups excluding carboxylic acids is 1. The molecule has 1 fully saturated rings. The molecule has 2 N–H and O–H groups in total. The summed E-state index contributed by atoms with van der Waals surface area (Å²) in [5, 5.41) is 13.5. The highest BCUT2D eigenvalue weighted by Crippen LogP contribution is 2.44. The first-order valence-corrected chi connectivity index (χ1v) is 12.7. The molecule has 2 aromatic rings. The van der Waals surface area contributed by atoms with E-state index >= 15 is 0 Å². The van der Waals surface area contributed by atoms with Gasteiger partial charge in [0, 0.05) is 23.8 Å². The fourth-order valence-electron chi connectivity index (χ4n) is 5.65. The highest BCUT2D eigenvalue weighted by Gasteiger charge is 2.36. The number of carboxylic acids is 1. The Labute approximate surface area is 208 Å². The molecular weight excluding hydrogens is 440 g/mol. The summed E-state index contributed by atoms with van der Waals surface area (Å²) in [5.74, 6) is -1.04. The van der Waals surface area contributed by atoms with Gasteiger partial charge in [0.2, 0.25) is 0 Å². The summed E-state index contributed by atoms with van der Waals surface area (Å²) < 4.78 is 6.14. The van der Waals surface area contributed by atoms with Crippen molar-refractivity contribution < 1.29 is 19.4 Å². The maximum atomic E-state index is 13.3. The molecule has 188 valence electrons. The molecule has 0 radical (unpaired) electrons. The van der Waals surface area contributed by atoms with Crippen LogP contribution in [0.3, 0.4) is 0 Å². The topological polar surface area (TPSA) is 78.9 Å². The number of anilines is 1. The molecule has 2 aliphatic rings. The minimum Gasteiger partial charge on any atom is -0.479 e. The number of carbonyl (C=O) groups is 2. The number of rotatable bonds is 5. The number of ether oxygens (including phenoxy) is 1. The van der Waals surface area contributed by atoms with Crippen molar-refractivity contribution in [1.29, 1.82) is 0 Å². The zero-order chi connectivity index (χ0) is 25.5. The molecule has 0 aromatic heterocycles. The largest absolute Gasteiger partial charge is 0.479 e. The van der Waals surface area contributed by atoms with Gasteiger partial charge in [-0.3, -0.25) is 0 Å². The third-order valence-corrected chi connectivity index (χ3v) is 7.34. The summed E-state index contributed by atoms with van der Waals surface area (Å²) in [5.41, 5.74) is 6.52. The van der Waals surface area contributed by atoms with Gasteiger partial charge in [0.15, 0.2) is 6.10 Å². The normalized spacial score (nSPS) is 17.7. The Bertz CT molecular complexity index is 1130. The van der Waals surface area contributed by atoms with Crippen molar-refractivity contribution in [3.63, 3.8) is 0 Å². The van der Waals surface area contributed by atoms with Crippen LogP contribution >= 0.6 is 0 Å². The second-order valence-electron chi connectivity index (χ2n) is 11.0. The van der Waals surface area contributed by atoms with E-state index in [4.69, 9.17) is 4.74 Å². The Morgan fingerprint density at radius 2 is 1.71 bits per heavy atom. The van der Waals surface area contributed by atoms with Crippen LogP contribution in [-0.2, 0) is 16.0 Å². The SMILES string of the molecule is Cc1ccc(-c2c(C)c3c(c(C)c2[C@H](OC(C)(C)C)C(=O)O)NC(=O)N(C2CCCC2)CC3)cc1. The van der Waals surface area contributed by atoms with Gasteiger partial charge in [-0.15, -0.1) is 0 Å². The minimum atomic E-state index is -1.17. The lowest BCUT2D eigenvalue weighted by atomic mass is 9.83. The zero-order valence-electron chi connectivity index (χ0n) is 21.8. The van der Waals surface area contributed by atoms with E-state index in [1.165, 1.54) is 0 Å². The molecule has 1 heterocycles. The Morgan fingerprint density at radius 1 is 1.09 bits per heavy atom. The molecule has 1 saturated carbocycles. The van der Waals surface area contributed by atoms with Gasteiger partial charge in [-0.05, 0) is 88.6 Å². The third-order valence-electron chi connectivity index (χ3n) is 7.34. The van der Waals surface area contributed by atoms with Crippen LogP contribution in [0.5, 0.6) is 0 Å². The summed E-state index contributed by atoms with van der Waals surface area (Å²) in [6, 6.07) is 8.37. The molecule has 1 aliphatic heterocycles. The average Bonchev–Trinajstić information content (AvgIpc) is 3.24. The van der Waals surface area contributed by atoms with Crippen LogP contribution in [0.1, 0.15) is 80.4 Å². The van der Waals surface area contributed by atoms with Gasteiger partial charge >= 0.3 is 12.0 Å². The summed E-state index contributed by atoms with van der Waals surface area (Å²) in [6.45, 7) is 12.3. The number of aliphatic carboxylic acids is 1. The van der Waals surface area contributed by atoms with Gasteiger partial charge in [0.1, 0.15) is 0 Å². The molecule has 1 aliphatic carbocycles. The van der Waals surface area contributed by atoms with E-state index in [0.29, 0.717) is 12.1 Å². The first kappa shape index (κ1) is 25.2. The van der Waals surface area contributed by atoms with Crippen molar-refractivity contribution in [2.45, 2.75) is 91.4 Å². The van der Waals surface area contributed by atoms with Crippen LogP contribution in [0.25, 0.3) is 11.1 Å². The summed E-state index contributed by atoms with van der Waals surface area (Å²) >= 11 is 0. The first-order valence-electron chi connectivity index (χ1n) is 12.7. The molecule has 0 unspecified atom stereocenters. The monoisotopic (exact) mass is 478 g/mol. The number of benzene rings is 2. The first-order chi connectivity index (χ1) is 16.5. The van der Waals surface area contributed by atoms with Crippen LogP contribution < -0.4 is 5.32 Å². The number of aryl methyl sites for hydroxylation is 1. The molecule has 6 heteroatoms. The molecule has 35 heavy (non-hydrogen) atoms. The summed E-state index contributed by atoms with van der Waals surface area (Å²) in [7, 11) is 0. The van der Waals surface area contributed by atoms with Crippen LogP contribution in [0, 0.1) is 20.8 Å². The number of nitrogens with one attached hydrogen (secondary N) is 1. The molecule has 0 bridgehead atoms. The van der Waals surface area contributed by atoms with Crippen molar-refractivity contribution in [3.8, 4) is 11.1 Å². The number of fused-ring (bicyclic) bond motifs is 1. The van der Waals surface area contributed by atoms with Crippen LogP contribution in [0.4, 0.5) is 10.5 Å². The Morgan fingerprint density at radius 3 is 2.29 bits per heavy atom. The third kappa shape index (κ3) is 5.08. The standard InChI is InChI=1S/C29H38N2O4/c1-17-11-13-20(14-12-17)23-18(2)22-15-16-31(21-9-7-8-10-21)28(34)30-25(22)19(3)24(23)26(27(32)33)35-29(4,5)6/h11-14,21,26H,7-10,15-16H2,1-6H3,(H,30,34)(H,32,33)/t26-/m0/s1. The molecule has 0 spiro atoms. The molecule has 6 nitrogen and oxygen atoms in total. The van der Waals surface area contributed by atoms with Gasteiger partial charge in [-0.25, -0.2) is 9.59 Å². The van der Waals surface area contributed by atoms with E-state index in [9.17, 15) is 14.7 Å². The van der Waals surface area contributed by atoms with Crippen molar-refractivity contribution >= 4 is 17.7 Å². The molecule has 1 atom stereocenters. The number of carboxylic acid groups (broad SMARTS) is 1. The Kier molecular flexibility index (Phi) is 6.96. The number of nitrogens with zero attached hydrogens (tertiary/aromatic N) is 1. The lowest BCUT2D eigenvalue weighted by Gasteiger charge is -2.30. The van der Waals surface area contributed by atoms with Crippen LogP contribution in [0.2, 0.25) is 0 Å². The van der Waals surface area contributed by atoms with E-state index in [1.54, 1.807) is 0 Å². The van der Waals surface area contributed by atoms with Crippen LogP contribution in [-0.4, -0.2) is 40.2 Å². The van der Waals surface area contributed by atoms with Crippen molar-refractivity contribution in [2.24, 2.45) is 0 Å². The maximum absolute atomic E-state index is 13.3. The number of amides is 2. The lowest BCUT2D eigenvalue weighted by Crippen LogP contribution is -2.41. The molecule has 2 amide bonds. The van der Waals surface area contributed by atoms with E-state index in [0.717, 1.165) is 71.2 Å². The molecular formula is C29H38N2O4. The number of urea groups is 1. The van der Waals surface area contributed by atoms with E-state index < -0.39 is 17.7 Å². The second kappa shape index (κ2) is 9.65. The fourth-order valence-corrected chi connectivity index (χ4v) is 5.65. The number of hydrogen-bond donors (Lipinski definition) is 2.